The molecule has 0 spiro atoms. The first-order valence-corrected chi connectivity index (χ1v) is 11.1. The van der Waals surface area contributed by atoms with Gasteiger partial charge in [0.15, 0.2) is 11.6 Å². The molecule has 3 heterocycles. The Balaban J connectivity index is 1.31. The van der Waals surface area contributed by atoms with Gasteiger partial charge in [-0.05, 0) is 56.0 Å². The number of aromatic amines is 1. The number of rotatable bonds is 7. The minimum atomic E-state index is -0.486. The molecule has 0 atom stereocenters. The standard InChI is InChI=1S/C24H23FN8/c1-2-32(22-5-3-4-20-18(22)12-27-31-20)23-19(25)13-26-24(30-23)29-17-8-9-21-16(10-17)11-28-33(21)14-15-6-7-15/h3-5,8-13,15H,2,6-7,14H2,1H3,(H,27,31)(H,26,29,30). The van der Waals surface area contributed by atoms with Gasteiger partial charge < -0.3 is 10.2 Å². The Bertz CT molecular complexity index is 1450. The van der Waals surface area contributed by atoms with Crippen LogP contribution in [-0.4, -0.2) is 36.5 Å². The molecule has 33 heavy (non-hydrogen) atoms. The van der Waals surface area contributed by atoms with E-state index >= 15 is 0 Å². The van der Waals surface area contributed by atoms with Crippen LogP contribution in [0.1, 0.15) is 19.8 Å². The van der Waals surface area contributed by atoms with Crippen LogP contribution in [0.15, 0.2) is 55.0 Å². The van der Waals surface area contributed by atoms with E-state index in [9.17, 15) is 4.39 Å². The van der Waals surface area contributed by atoms with Crippen molar-refractivity contribution in [2.24, 2.45) is 5.92 Å². The summed E-state index contributed by atoms with van der Waals surface area (Å²) in [6.07, 6.45) is 7.40. The second-order valence-corrected chi connectivity index (χ2v) is 8.39. The molecule has 0 unspecified atom stereocenters. The normalized spacial score (nSPS) is 13.6. The quantitative estimate of drug-likeness (QED) is 0.362. The number of benzene rings is 2. The number of halogens is 1. The molecule has 2 N–H and O–H groups in total. The molecule has 2 aromatic carbocycles. The maximum absolute atomic E-state index is 14.8. The highest BCUT2D eigenvalue weighted by atomic mass is 19.1. The van der Waals surface area contributed by atoms with Crippen molar-refractivity contribution in [3.05, 3.63) is 60.8 Å². The monoisotopic (exact) mass is 442 g/mol. The fraction of sp³-hybridized carbons (Fsp3) is 0.250. The molecule has 0 saturated heterocycles. The van der Waals surface area contributed by atoms with Gasteiger partial charge in [0.2, 0.25) is 5.95 Å². The van der Waals surface area contributed by atoms with Crippen molar-refractivity contribution >= 4 is 44.9 Å². The third kappa shape index (κ3) is 3.65. The highest BCUT2D eigenvalue weighted by Gasteiger charge is 2.23. The molecule has 0 bridgehead atoms. The van der Waals surface area contributed by atoms with Gasteiger partial charge in [-0.25, -0.2) is 9.37 Å². The first kappa shape index (κ1) is 19.7. The van der Waals surface area contributed by atoms with E-state index in [0.717, 1.165) is 45.6 Å². The first-order valence-electron chi connectivity index (χ1n) is 11.1. The van der Waals surface area contributed by atoms with E-state index in [0.29, 0.717) is 12.5 Å². The van der Waals surface area contributed by atoms with Crippen LogP contribution in [0.5, 0.6) is 0 Å². The van der Waals surface area contributed by atoms with Crippen LogP contribution in [0.25, 0.3) is 21.8 Å². The van der Waals surface area contributed by atoms with Crippen molar-refractivity contribution < 1.29 is 4.39 Å². The Morgan fingerprint density at radius 3 is 2.94 bits per heavy atom. The van der Waals surface area contributed by atoms with Crippen LogP contribution in [0.3, 0.4) is 0 Å². The van der Waals surface area contributed by atoms with E-state index in [4.69, 9.17) is 0 Å². The molecule has 0 aliphatic heterocycles. The van der Waals surface area contributed by atoms with E-state index in [1.54, 1.807) is 6.20 Å². The lowest BCUT2D eigenvalue weighted by Gasteiger charge is -2.23. The summed E-state index contributed by atoms with van der Waals surface area (Å²) in [5.74, 6) is 0.807. The SMILES string of the molecule is CCN(c1nc(Nc2ccc3c(cnn3CC3CC3)c2)ncc1F)c1cccc2[nH]ncc12. The molecule has 0 amide bonds. The average Bonchev–Trinajstić information content (AvgIpc) is 3.35. The topological polar surface area (TPSA) is 87.5 Å². The lowest BCUT2D eigenvalue weighted by molar-refractivity contribution is 0.580. The van der Waals surface area contributed by atoms with Crippen molar-refractivity contribution in [3.63, 3.8) is 0 Å². The molecule has 6 rings (SSSR count). The number of nitrogens with zero attached hydrogens (tertiary/aromatic N) is 6. The molecule has 1 saturated carbocycles. The van der Waals surface area contributed by atoms with Crippen LogP contribution in [0.4, 0.5) is 27.5 Å². The van der Waals surface area contributed by atoms with Crippen molar-refractivity contribution in [2.45, 2.75) is 26.3 Å². The summed E-state index contributed by atoms with van der Waals surface area (Å²) < 4.78 is 16.9. The van der Waals surface area contributed by atoms with Gasteiger partial charge in [-0.1, -0.05) is 6.07 Å². The number of H-pyrrole nitrogens is 1. The Kier molecular flexibility index (Phi) is 4.67. The third-order valence-electron chi connectivity index (χ3n) is 6.08. The number of fused-ring (bicyclic) bond motifs is 2. The van der Waals surface area contributed by atoms with Gasteiger partial charge in [-0.3, -0.25) is 9.78 Å². The molecule has 8 nitrogen and oxygen atoms in total. The zero-order valence-electron chi connectivity index (χ0n) is 18.2. The smallest absolute Gasteiger partial charge is 0.229 e. The minimum absolute atomic E-state index is 0.210. The van der Waals surface area contributed by atoms with Crippen LogP contribution < -0.4 is 10.2 Å². The lowest BCUT2D eigenvalue weighted by atomic mass is 10.2. The van der Waals surface area contributed by atoms with Crippen LogP contribution in [0.2, 0.25) is 0 Å². The van der Waals surface area contributed by atoms with E-state index in [1.807, 2.05) is 48.4 Å². The second-order valence-electron chi connectivity index (χ2n) is 8.39. The zero-order valence-corrected chi connectivity index (χ0v) is 18.2. The maximum atomic E-state index is 14.8. The Morgan fingerprint density at radius 1 is 1.18 bits per heavy atom. The highest BCUT2D eigenvalue weighted by Crippen LogP contribution is 2.33. The Labute approximate surface area is 189 Å². The minimum Gasteiger partial charge on any atom is -0.324 e. The number of nitrogens with one attached hydrogen (secondary N) is 2. The van der Waals surface area contributed by atoms with Crippen LogP contribution in [-0.2, 0) is 6.54 Å². The predicted molar refractivity (Wildman–Crippen MR) is 127 cm³/mol. The van der Waals surface area contributed by atoms with Crippen LogP contribution in [0, 0.1) is 11.7 Å². The van der Waals surface area contributed by atoms with Gasteiger partial charge in [0.1, 0.15) is 0 Å². The molecule has 1 aliphatic rings. The summed E-state index contributed by atoms with van der Waals surface area (Å²) in [5.41, 5.74) is 3.65. The van der Waals surface area contributed by atoms with Gasteiger partial charge in [-0.15, -0.1) is 0 Å². The molecular weight excluding hydrogens is 419 g/mol. The predicted octanol–water partition coefficient (Wildman–Crippen LogP) is 5.15. The van der Waals surface area contributed by atoms with E-state index in [1.165, 1.54) is 19.0 Å². The van der Waals surface area contributed by atoms with Crippen molar-refractivity contribution in [1.82, 2.24) is 29.9 Å². The molecule has 0 radical (unpaired) electrons. The van der Waals surface area contributed by atoms with Gasteiger partial charge in [0.05, 0.1) is 35.3 Å². The van der Waals surface area contributed by atoms with E-state index in [-0.39, 0.29) is 5.82 Å². The molecule has 1 aliphatic carbocycles. The summed E-state index contributed by atoms with van der Waals surface area (Å²) in [6, 6.07) is 11.8. The third-order valence-corrected chi connectivity index (χ3v) is 6.08. The number of anilines is 4. The van der Waals surface area contributed by atoms with Gasteiger partial charge >= 0.3 is 0 Å². The molecule has 166 valence electrons. The molecule has 5 aromatic rings. The molecule has 1 fully saturated rings. The summed E-state index contributed by atoms with van der Waals surface area (Å²) in [6.45, 7) is 3.46. The number of aromatic nitrogens is 6. The summed E-state index contributed by atoms with van der Waals surface area (Å²) in [7, 11) is 0. The average molecular weight is 443 g/mol. The van der Waals surface area contributed by atoms with Crippen molar-refractivity contribution in [2.75, 3.05) is 16.8 Å². The Hall–Kier alpha value is -4.01. The highest BCUT2D eigenvalue weighted by molar-refractivity contribution is 5.93. The number of hydrogen-bond donors (Lipinski definition) is 2. The largest absolute Gasteiger partial charge is 0.324 e. The van der Waals surface area contributed by atoms with Crippen molar-refractivity contribution in [3.8, 4) is 0 Å². The van der Waals surface area contributed by atoms with Crippen LogP contribution >= 0.6 is 0 Å². The van der Waals surface area contributed by atoms with Crippen molar-refractivity contribution in [1.29, 1.82) is 0 Å². The second kappa shape index (κ2) is 7.84. The van der Waals surface area contributed by atoms with Gasteiger partial charge in [-0.2, -0.15) is 15.2 Å². The van der Waals surface area contributed by atoms with E-state index in [2.05, 4.69) is 41.3 Å². The fourth-order valence-corrected chi connectivity index (χ4v) is 4.21. The maximum Gasteiger partial charge on any atom is 0.229 e. The number of hydrogen-bond acceptors (Lipinski definition) is 6. The summed E-state index contributed by atoms with van der Waals surface area (Å²) in [5, 5.41) is 16.8. The molecular formula is C24H23FN8. The lowest BCUT2D eigenvalue weighted by Crippen LogP contribution is -2.20. The Morgan fingerprint density at radius 2 is 2.09 bits per heavy atom. The fourth-order valence-electron chi connectivity index (χ4n) is 4.21. The zero-order chi connectivity index (χ0) is 22.4. The molecule has 9 heteroatoms. The van der Waals surface area contributed by atoms with Gasteiger partial charge in [0.25, 0.3) is 0 Å². The van der Waals surface area contributed by atoms with Gasteiger partial charge in [0, 0.05) is 29.5 Å². The summed E-state index contributed by atoms with van der Waals surface area (Å²) >= 11 is 0. The van der Waals surface area contributed by atoms with E-state index < -0.39 is 5.82 Å². The first-order chi connectivity index (χ1) is 16.2. The summed E-state index contributed by atoms with van der Waals surface area (Å²) in [4.78, 5) is 10.5. The molecule has 3 aromatic heterocycles.